The molecule has 3 aromatic rings. The van der Waals surface area contributed by atoms with E-state index in [1.54, 1.807) is 24.3 Å². The van der Waals surface area contributed by atoms with Gasteiger partial charge in [0.15, 0.2) is 0 Å². The van der Waals surface area contributed by atoms with Crippen LogP contribution in [-0.2, 0) is 18.3 Å². The second kappa shape index (κ2) is 5.32. The molecule has 0 saturated heterocycles. The zero-order valence-electron chi connectivity index (χ0n) is 11.7. The van der Waals surface area contributed by atoms with E-state index in [4.69, 9.17) is 0 Å². The van der Waals surface area contributed by atoms with Gasteiger partial charge in [-0.1, -0.05) is 18.2 Å². The summed E-state index contributed by atoms with van der Waals surface area (Å²) in [7, 11) is 1.98. The number of rotatable bonds is 3. The van der Waals surface area contributed by atoms with E-state index in [1.807, 2.05) is 42.1 Å². The Balaban J connectivity index is 1.79. The van der Waals surface area contributed by atoms with E-state index < -0.39 is 0 Å². The fourth-order valence-corrected chi connectivity index (χ4v) is 2.49. The number of nitrogens with zero attached hydrogens (tertiary/aromatic N) is 1. The van der Waals surface area contributed by atoms with Crippen LogP contribution < -0.4 is 5.32 Å². The lowest BCUT2D eigenvalue weighted by molar-refractivity contribution is -0.115. The molecule has 0 saturated carbocycles. The number of anilines is 1. The number of phenolic OH excluding ortho intramolecular Hbond substituents is 1. The Morgan fingerprint density at radius 2 is 1.86 bits per heavy atom. The summed E-state index contributed by atoms with van der Waals surface area (Å²) in [5.74, 6) is 0.110. The molecule has 3 rings (SSSR count). The van der Waals surface area contributed by atoms with Gasteiger partial charge >= 0.3 is 0 Å². The third-order valence-electron chi connectivity index (χ3n) is 3.48. The number of amides is 1. The topological polar surface area (TPSA) is 54.3 Å². The average molecular weight is 280 g/mol. The number of hydrogen-bond acceptors (Lipinski definition) is 2. The molecule has 0 fully saturated rings. The lowest BCUT2D eigenvalue weighted by Crippen LogP contribution is -2.14. The third kappa shape index (κ3) is 2.74. The van der Waals surface area contributed by atoms with Crippen LogP contribution >= 0.6 is 0 Å². The Labute approximate surface area is 122 Å². The largest absolute Gasteiger partial charge is 0.508 e. The number of phenols is 1. The van der Waals surface area contributed by atoms with E-state index in [9.17, 15) is 9.90 Å². The predicted octanol–water partition coefficient (Wildman–Crippen LogP) is 3.07. The number of aromatic nitrogens is 1. The van der Waals surface area contributed by atoms with Gasteiger partial charge in [-0.15, -0.1) is 0 Å². The molecule has 0 spiro atoms. The molecule has 106 valence electrons. The number of para-hydroxylation sites is 1. The SMILES string of the molecule is Cn1cc(CC(=O)Nc2ccc(O)cc2)c2ccccc21. The zero-order valence-corrected chi connectivity index (χ0v) is 11.7. The molecule has 0 unspecified atom stereocenters. The molecule has 2 N–H and O–H groups in total. The number of benzene rings is 2. The lowest BCUT2D eigenvalue weighted by atomic mass is 10.1. The molecular weight excluding hydrogens is 264 g/mol. The molecule has 0 aliphatic carbocycles. The molecule has 1 heterocycles. The van der Waals surface area contributed by atoms with Gasteiger partial charge in [0, 0.05) is 29.8 Å². The van der Waals surface area contributed by atoms with Crippen LogP contribution in [0, 0.1) is 0 Å². The maximum atomic E-state index is 12.1. The minimum absolute atomic E-state index is 0.0722. The van der Waals surface area contributed by atoms with E-state index in [1.165, 1.54) is 0 Å². The van der Waals surface area contributed by atoms with E-state index in [-0.39, 0.29) is 11.7 Å². The van der Waals surface area contributed by atoms with Gasteiger partial charge in [-0.2, -0.15) is 0 Å². The Hall–Kier alpha value is -2.75. The van der Waals surface area contributed by atoms with Crippen molar-refractivity contribution in [3.63, 3.8) is 0 Å². The van der Waals surface area contributed by atoms with Crippen LogP contribution in [0.5, 0.6) is 5.75 Å². The summed E-state index contributed by atoms with van der Waals surface area (Å²) < 4.78 is 2.03. The van der Waals surface area contributed by atoms with Crippen molar-refractivity contribution >= 4 is 22.5 Å². The highest BCUT2D eigenvalue weighted by Gasteiger charge is 2.10. The van der Waals surface area contributed by atoms with Crippen molar-refractivity contribution in [3.05, 3.63) is 60.3 Å². The molecule has 0 aliphatic heterocycles. The first-order chi connectivity index (χ1) is 10.1. The summed E-state index contributed by atoms with van der Waals surface area (Å²) in [6, 6.07) is 14.5. The number of fused-ring (bicyclic) bond motifs is 1. The fourth-order valence-electron chi connectivity index (χ4n) is 2.49. The summed E-state index contributed by atoms with van der Waals surface area (Å²) in [6.07, 6.45) is 2.31. The normalized spacial score (nSPS) is 10.7. The Morgan fingerprint density at radius 1 is 1.14 bits per heavy atom. The van der Waals surface area contributed by atoms with Gasteiger partial charge in [0.25, 0.3) is 0 Å². The summed E-state index contributed by atoms with van der Waals surface area (Å²) in [6.45, 7) is 0. The molecule has 4 nitrogen and oxygen atoms in total. The molecule has 1 amide bonds. The van der Waals surface area contributed by atoms with Crippen molar-refractivity contribution in [2.45, 2.75) is 6.42 Å². The van der Waals surface area contributed by atoms with Gasteiger partial charge in [-0.3, -0.25) is 4.79 Å². The highest BCUT2D eigenvalue weighted by molar-refractivity contribution is 5.95. The van der Waals surface area contributed by atoms with Crippen LogP contribution in [0.2, 0.25) is 0 Å². The molecule has 0 aliphatic rings. The molecule has 21 heavy (non-hydrogen) atoms. The average Bonchev–Trinajstić information content (AvgIpc) is 2.78. The molecule has 0 bridgehead atoms. The molecule has 0 radical (unpaired) electrons. The van der Waals surface area contributed by atoms with Gasteiger partial charge in [-0.05, 0) is 35.9 Å². The van der Waals surface area contributed by atoms with Crippen molar-refractivity contribution in [1.29, 1.82) is 0 Å². The number of aryl methyl sites for hydroxylation is 1. The third-order valence-corrected chi connectivity index (χ3v) is 3.48. The summed E-state index contributed by atoms with van der Waals surface area (Å²) in [5.41, 5.74) is 2.80. The zero-order chi connectivity index (χ0) is 14.8. The minimum atomic E-state index is -0.0722. The maximum Gasteiger partial charge on any atom is 0.228 e. The van der Waals surface area contributed by atoms with Gasteiger partial charge in [0.05, 0.1) is 6.42 Å². The summed E-state index contributed by atoms with van der Waals surface area (Å²) >= 11 is 0. The molecule has 2 aromatic carbocycles. The summed E-state index contributed by atoms with van der Waals surface area (Å²) in [4.78, 5) is 12.1. The van der Waals surface area contributed by atoms with Gasteiger partial charge in [-0.25, -0.2) is 0 Å². The van der Waals surface area contributed by atoms with Crippen LogP contribution in [-0.4, -0.2) is 15.6 Å². The van der Waals surface area contributed by atoms with E-state index >= 15 is 0 Å². The van der Waals surface area contributed by atoms with Crippen molar-refractivity contribution in [1.82, 2.24) is 4.57 Å². The Bertz CT molecular complexity index is 788. The minimum Gasteiger partial charge on any atom is -0.508 e. The number of aromatic hydroxyl groups is 1. The number of carbonyl (C=O) groups excluding carboxylic acids is 1. The highest BCUT2D eigenvalue weighted by atomic mass is 16.3. The van der Waals surface area contributed by atoms with Gasteiger partial charge in [0.1, 0.15) is 5.75 Å². The Morgan fingerprint density at radius 3 is 2.62 bits per heavy atom. The van der Waals surface area contributed by atoms with Crippen molar-refractivity contribution in [2.75, 3.05) is 5.32 Å². The van der Waals surface area contributed by atoms with Crippen LogP contribution in [0.3, 0.4) is 0 Å². The number of nitrogens with one attached hydrogen (secondary N) is 1. The lowest BCUT2D eigenvalue weighted by Gasteiger charge is -2.04. The Kier molecular flexibility index (Phi) is 3.36. The standard InChI is InChI=1S/C17H16N2O2/c1-19-11-12(15-4-2-3-5-16(15)19)10-17(21)18-13-6-8-14(20)9-7-13/h2-9,11,20H,10H2,1H3,(H,18,21). The first kappa shape index (κ1) is 13.2. The van der Waals surface area contributed by atoms with Crippen LogP contribution in [0.1, 0.15) is 5.56 Å². The smallest absolute Gasteiger partial charge is 0.228 e. The van der Waals surface area contributed by atoms with E-state index in [0.717, 1.165) is 16.5 Å². The highest BCUT2D eigenvalue weighted by Crippen LogP contribution is 2.21. The van der Waals surface area contributed by atoms with Crippen molar-refractivity contribution in [2.24, 2.45) is 7.05 Å². The number of hydrogen-bond donors (Lipinski definition) is 2. The van der Waals surface area contributed by atoms with Gasteiger partial charge in [0.2, 0.25) is 5.91 Å². The predicted molar refractivity (Wildman–Crippen MR) is 83.4 cm³/mol. The fraction of sp³-hybridized carbons (Fsp3) is 0.118. The van der Waals surface area contributed by atoms with Crippen molar-refractivity contribution in [3.8, 4) is 5.75 Å². The van der Waals surface area contributed by atoms with E-state index in [2.05, 4.69) is 5.32 Å². The molecular formula is C17H16N2O2. The van der Waals surface area contributed by atoms with Crippen molar-refractivity contribution < 1.29 is 9.90 Å². The molecule has 1 aromatic heterocycles. The summed E-state index contributed by atoms with van der Waals surface area (Å²) in [5, 5.41) is 13.2. The quantitative estimate of drug-likeness (QED) is 0.724. The monoisotopic (exact) mass is 280 g/mol. The first-order valence-corrected chi connectivity index (χ1v) is 6.75. The van der Waals surface area contributed by atoms with Gasteiger partial charge < -0.3 is 15.0 Å². The maximum absolute atomic E-state index is 12.1. The second-order valence-electron chi connectivity index (χ2n) is 5.05. The number of carbonyl (C=O) groups is 1. The van der Waals surface area contributed by atoms with E-state index in [0.29, 0.717) is 12.1 Å². The van der Waals surface area contributed by atoms with Crippen LogP contribution in [0.4, 0.5) is 5.69 Å². The van der Waals surface area contributed by atoms with Crippen LogP contribution in [0.25, 0.3) is 10.9 Å². The van der Waals surface area contributed by atoms with Crippen LogP contribution in [0.15, 0.2) is 54.7 Å². The first-order valence-electron chi connectivity index (χ1n) is 6.75. The molecule has 0 atom stereocenters. The molecule has 4 heteroatoms. The second-order valence-corrected chi connectivity index (χ2v) is 5.05.